The largest absolute Gasteiger partial charge is 0.455 e. The number of carbonyl (C=O) groups excluding carboxylic acids is 2. The molecule has 0 spiro atoms. The molecule has 0 N–H and O–H groups in total. The fraction of sp³-hybridized carbons (Fsp3) is 0.294. The van der Waals surface area contributed by atoms with Gasteiger partial charge in [0.1, 0.15) is 6.10 Å². The second kappa shape index (κ2) is 9.43. The predicted octanol–water partition coefficient (Wildman–Crippen LogP) is 4.99. The van der Waals surface area contributed by atoms with E-state index in [0.717, 1.165) is 0 Å². The van der Waals surface area contributed by atoms with Crippen LogP contribution in [0.25, 0.3) is 0 Å². The second-order valence-electron chi connectivity index (χ2n) is 5.56. The van der Waals surface area contributed by atoms with E-state index in [-0.39, 0.29) is 17.2 Å². The first-order chi connectivity index (χ1) is 11.5. The van der Waals surface area contributed by atoms with E-state index in [0.29, 0.717) is 5.56 Å². The average molecular weight is 422 g/mol. The van der Waals surface area contributed by atoms with Gasteiger partial charge in [-0.15, -0.1) is 33.2 Å². The Labute approximate surface area is 162 Å². The Kier molecular flexibility index (Phi) is 8.21. The Morgan fingerprint density at radius 3 is 1.92 bits per heavy atom. The summed E-state index contributed by atoms with van der Waals surface area (Å²) in [5, 5.41) is 0. The highest BCUT2D eigenvalue weighted by Crippen LogP contribution is 2.35. The summed E-state index contributed by atoms with van der Waals surface area (Å²) >= 11 is 18.1. The SMILES string of the molecule is C=C(C)C(=O)OC(C[Si](Cl)(Cl)Cl)C(OC(=O)C(=C)C)c1ccccc1. The summed E-state index contributed by atoms with van der Waals surface area (Å²) in [5.41, 5.74) is 1.01. The van der Waals surface area contributed by atoms with E-state index in [2.05, 4.69) is 13.2 Å². The Morgan fingerprint density at radius 2 is 1.48 bits per heavy atom. The number of carbonyl (C=O) groups is 2. The highest BCUT2D eigenvalue weighted by atomic mass is 35.8. The number of rotatable bonds is 8. The van der Waals surface area contributed by atoms with Crippen LogP contribution in [0.3, 0.4) is 0 Å². The van der Waals surface area contributed by atoms with E-state index in [9.17, 15) is 9.59 Å². The number of ether oxygens (including phenoxy) is 2. The molecule has 4 nitrogen and oxygen atoms in total. The zero-order valence-corrected chi connectivity index (χ0v) is 17.2. The Balaban J connectivity index is 3.25. The number of esters is 2. The van der Waals surface area contributed by atoms with Gasteiger partial charge in [0.05, 0.1) is 0 Å². The van der Waals surface area contributed by atoms with E-state index in [1.54, 1.807) is 30.3 Å². The van der Waals surface area contributed by atoms with Crippen molar-refractivity contribution in [1.82, 2.24) is 0 Å². The predicted molar refractivity (Wildman–Crippen MR) is 103 cm³/mol. The molecular weight excluding hydrogens is 403 g/mol. The molecule has 25 heavy (non-hydrogen) atoms. The summed E-state index contributed by atoms with van der Waals surface area (Å²) in [6, 6.07) is 5.56. The Morgan fingerprint density at radius 1 is 1.00 bits per heavy atom. The topological polar surface area (TPSA) is 52.6 Å². The van der Waals surface area contributed by atoms with Gasteiger partial charge in [-0.3, -0.25) is 0 Å². The smallest absolute Gasteiger partial charge is 0.345 e. The quantitative estimate of drug-likeness (QED) is 0.257. The van der Waals surface area contributed by atoms with E-state index in [1.807, 2.05) is 0 Å². The van der Waals surface area contributed by atoms with Gasteiger partial charge < -0.3 is 9.47 Å². The van der Waals surface area contributed by atoms with Crippen LogP contribution in [0, 0.1) is 0 Å². The molecule has 0 amide bonds. The van der Waals surface area contributed by atoms with Crippen molar-refractivity contribution in [3.05, 3.63) is 60.2 Å². The van der Waals surface area contributed by atoms with Gasteiger partial charge in [0.15, 0.2) is 6.10 Å². The van der Waals surface area contributed by atoms with Crippen molar-refractivity contribution in [1.29, 1.82) is 0 Å². The molecule has 0 saturated carbocycles. The van der Waals surface area contributed by atoms with Gasteiger partial charge in [0, 0.05) is 17.2 Å². The zero-order chi connectivity index (χ0) is 19.2. The molecule has 0 saturated heterocycles. The monoisotopic (exact) mass is 420 g/mol. The van der Waals surface area contributed by atoms with Crippen LogP contribution in [0.4, 0.5) is 0 Å². The van der Waals surface area contributed by atoms with Gasteiger partial charge >= 0.3 is 17.9 Å². The van der Waals surface area contributed by atoms with Crippen molar-refractivity contribution in [2.24, 2.45) is 0 Å². The average Bonchev–Trinajstić information content (AvgIpc) is 2.50. The van der Waals surface area contributed by atoms with Gasteiger partial charge in [-0.25, -0.2) is 9.59 Å². The maximum absolute atomic E-state index is 12.0. The van der Waals surface area contributed by atoms with Crippen molar-refractivity contribution in [2.75, 3.05) is 0 Å². The van der Waals surface area contributed by atoms with Gasteiger partial charge in [-0.1, -0.05) is 43.5 Å². The van der Waals surface area contributed by atoms with Crippen LogP contribution in [0.5, 0.6) is 0 Å². The third kappa shape index (κ3) is 7.65. The molecule has 0 aliphatic rings. The minimum Gasteiger partial charge on any atom is -0.455 e. The van der Waals surface area contributed by atoms with E-state index < -0.39 is 30.1 Å². The molecule has 1 aromatic rings. The van der Waals surface area contributed by atoms with Gasteiger partial charge in [0.2, 0.25) is 0 Å². The Hall–Kier alpha value is -1.27. The molecular formula is C17H19Cl3O4Si. The fourth-order valence-electron chi connectivity index (χ4n) is 1.89. The van der Waals surface area contributed by atoms with Crippen LogP contribution >= 0.6 is 33.2 Å². The first-order valence-corrected chi connectivity index (χ1v) is 12.6. The summed E-state index contributed by atoms with van der Waals surface area (Å²) in [7, 11) is 0. The molecule has 0 aromatic heterocycles. The third-order valence-corrected chi connectivity index (χ3v) is 5.34. The molecule has 2 unspecified atom stereocenters. The summed E-state index contributed by atoms with van der Waals surface area (Å²) in [6.45, 7) is 10.1. The van der Waals surface area contributed by atoms with Crippen LogP contribution < -0.4 is 0 Å². The van der Waals surface area contributed by atoms with Crippen LogP contribution in [0.2, 0.25) is 6.04 Å². The maximum Gasteiger partial charge on any atom is 0.345 e. The molecule has 1 rings (SSSR count). The van der Waals surface area contributed by atoms with Crippen molar-refractivity contribution in [2.45, 2.75) is 32.1 Å². The lowest BCUT2D eigenvalue weighted by Gasteiger charge is -2.29. The highest BCUT2D eigenvalue weighted by molar-refractivity contribution is 7.64. The standard InChI is InChI=1S/C17H19Cl3O4Si/c1-11(2)16(21)23-14(10-25(18,19)20)15(24-17(22)12(3)4)13-8-6-5-7-9-13/h5-9,14-15H,1,3,10H2,2,4H3. The number of hydrogen-bond donors (Lipinski definition) is 0. The first-order valence-electron chi connectivity index (χ1n) is 7.36. The third-order valence-electron chi connectivity index (χ3n) is 3.09. The van der Waals surface area contributed by atoms with Crippen molar-refractivity contribution >= 4 is 51.2 Å². The molecule has 0 heterocycles. The van der Waals surface area contributed by atoms with Crippen LogP contribution in [-0.2, 0) is 19.1 Å². The molecule has 0 fully saturated rings. The zero-order valence-electron chi connectivity index (χ0n) is 13.9. The van der Waals surface area contributed by atoms with Crippen molar-refractivity contribution in [3.63, 3.8) is 0 Å². The van der Waals surface area contributed by atoms with Crippen LogP contribution in [0.15, 0.2) is 54.6 Å². The summed E-state index contributed by atoms with van der Waals surface area (Å²) in [5.74, 6) is -1.28. The lowest BCUT2D eigenvalue weighted by Crippen LogP contribution is -2.33. The normalized spacial score (nSPS) is 13.5. The van der Waals surface area contributed by atoms with E-state index in [1.165, 1.54) is 13.8 Å². The highest BCUT2D eigenvalue weighted by Gasteiger charge is 2.39. The molecule has 8 heteroatoms. The van der Waals surface area contributed by atoms with Crippen LogP contribution in [0.1, 0.15) is 25.5 Å². The lowest BCUT2D eigenvalue weighted by atomic mass is 10.0. The number of benzene rings is 1. The molecule has 2 atom stereocenters. The second-order valence-corrected chi connectivity index (χ2v) is 14.7. The summed E-state index contributed by atoms with van der Waals surface area (Å²) < 4.78 is 10.9. The minimum atomic E-state index is -3.20. The van der Waals surface area contributed by atoms with Crippen molar-refractivity contribution in [3.8, 4) is 0 Å². The minimum absolute atomic E-state index is 0.0419. The van der Waals surface area contributed by atoms with Gasteiger partial charge in [-0.05, 0) is 19.4 Å². The molecule has 0 bridgehead atoms. The fourth-order valence-corrected chi connectivity index (χ4v) is 4.02. The molecule has 0 aliphatic carbocycles. The molecule has 0 radical (unpaired) electrons. The Bertz CT molecular complexity index is 656. The molecule has 136 valence electrons. The lowest BCUT2D eigenvalue weighted by molar-refractivity contribution is -0.162. The first kappa shape index (κ1) is 21.8. The van der Waals surface area contributed by atoms with E-state index in [4.69, 9.17) is 42.7 Å². The molecule has 1 aromatic carbocycles. The molecule has 0 aliphatic heterocycles. The number of hydrogen-bond acceptors (Lipinski definition) is 4. The van der Waals surface area contributed by atoms with Crippen LogP contribution in [-0.4, -0.2) is 24.0 Å². The van der Waals surface area contributed by atoms with Gasteiger partial charge in [0.25, 0.3) is 0 Å². The number of halogens is 3. The van der Waals surface area contributed by atoms with Gasteiger partial charge in [-0.2, -0.15) is 0 Å². The summed E-state index contributed by atoms with van der Waals surface area (Å²) in [4.78, 5) is 24.0. The van der Waals surface area contributed by atoms with Crippen molar-refractivity contribution < 1.29 is 19.1 Å². The maximum atomic E-state index is 12.0. The summed E-state index contributed by atoms with van der Waals surface area (Å²) in [6.07, 6.45) is -1.90. The van der Waals surface area contributed by atoms with E-state index >= 15 is 0 Å².